The first-order valence-corrected chi connectivity index (χ1v) is 15.1. The molecule has 1 aliphatic carbocycles. The van der Waals surface area contributed by atoms with E-state index in [1.807, 2.05) is 0 Å². The fourth-order valence-electron chi connectivity index (χ4n) is 4.71. The van der Waals surface area contributed by atoms with Gasteiger partial charge in [-0.25, -0.2) is 0 Å². The van der Waals surface area contributed by atoms with Crippen molar-refractivity contribution in [1.82, 2.24) is 0 Å². The smallest absolute Gasteiger partial charge is 0.0643 e. The topological polar surface area (TPSA) is 9.23 Å². The highest BCUT2D eigenvalue weighted by atomic mass is 32.4. The first kappa shape index (κ1) is 23.5. The maximum Gasteiger partial charge on any atom is 0.0643 e. The van der Waals surface area contributed by atoms with Crippen LogP contribution in [-0.4, -0.2) is 6.10 Å². The fourth-order valence-corrected chi connectivity index (χ4v) is 6.30. The molecule has 0 amide bonds. The highest BCUT2D eigenvalue weighted by molar-refractivity contribution is 8.41. The van der Waals surface area contributed by atoms with Gasteiger partial charge in [0.25, 0.3) is 0 Å². The number of hydrogen-bond donors (Lipinski definition) is 0. The summed E-state index contributed by atoms with van der Waals surface area (Å²) in [5.41, 5.74) is 4.30. The molecule has 1 fully saturated rings. The normalized spacial score (nSPS) is 23.9. The molecule has 0 bridgehead atoms. The molecule has 2 rings (SSSR count). The van der Waals surface area contributed by atoms with Crippen LogP contribution in [0, 0.1) is 24.7 Å². The zero-order valence-electron chi connectivity index (χ0n) is 17.5. The van der Waals surface area contributed by atoms with E-state index in [4.69, 9.17) is 4.52 Å². The second-order valence-corrected chi connectivity index (χ2v) is 14.2. The Morgan fingerprint density at radius 2 is 2.04 bits per heavy atom. The van der Waals surface area contributed by atoms with Crippen LogP contribution < -0.4 is 0 Å². The van der Waals surface area contributed by atoms with Gasteiger partial charge in [0.15, 0.2) is 0 Å². The van der Waals surface area contributed by atoms with Crippen LogP contribution >= 0.6 is 25.4 Å². The van der Waals surface area contributed by atoms with Gasteiger partial charge in [-0.1, -0.05) is 92.9 Å². The van der Waals surface area contributed by atoms with E-state index in [1.165, 1.54) is 61.6 Å². The molecule has 0 aliphatic heterocycles. The minimum absolute atomic E-state index is 0.415. The number of aryl methyl sites for hydroxylation is 1. The Balaban J connectivity index is 1.98. The van der Waals surface area contributed by atoms with Crippen molar-refractivity contribution in [2.45, 2.75) is 78.2 Å². The fraction of sp³-hybridized carbons (Fsp3) is 0.652. The Morgan fingerprint density at radius 3 is 2.70 bits per heavy atom. The van der Waals surface area contributed by atoms with Crippen molar-refractivity contribution in [2.75, 3.05) is 0 Å². The van der Waals surface area contributed by atoms with Gasteiger partial charge in [0.1, 0.15) is 0 Å². The third-order valence-corrected chi connectivity index (χ3v) is 7.39. The summed E-state index contributed by atoms with van der Waals surface area (Å²) in [7, 11) is 5.22. The first-order valence-electron chi connectivity index (χ1n) is 10.6. The van der Waals surface area contributed by atoms with Crippen LogP contribution in [0.1, 0.15) is 69.9 Å². The van der Waals surface area contributed by atoms with E-state index >= 15 is 0 Å². The van der Waals surface area contributed by atoms with Gasteiger partial charge in [-0.2, -0.15) is 0 Å². The molecule has 0 heterocycles. The van der Waals surface area contributed by atoms with E-state index in [0.717, 1.165) is 18.3 Å². The van der Waals surface area contributed by atoms with E-state index in [9.17, 15) is 0 Å². The van der Waals surface area contributed by atoms with E-state index in [-0.39, 0.29) is 0 Å². The number of allylic oxidation sites excluding steroid dienone is 1. The Hall–Kier alpha value is 0.210. The van der Waals surface area contributed by atoms with Crippen molar-refractivity contribution in [2.24, 2.45) is 17.8 Å². The molecule has 0 aromatic heterocycles. The van der Waals surface area contributed by atoms with E-state index in [0.29, 0.717) is 12.0 Å². The summed E-state index contributed by atoms with van der Waals surface area (Å²) < 4.78 is 6.26. The van der Waals surface area contributed by atoms with Gasteiger partial charge in [-0.15, -0.1) is 0 Å². The molecule has 1 saturated carbocycles. The van der Waals surface area contributed by atoms with E-state index in [2.05, 4.69) is 69.5 Å². The molecular weight excluding hydrogens is 385 g/mol. The number of hydrogen-bond acceptors (Lipinski definition) is 1. The molecular formula is C23H39OP3. The van der Waals surface area contributed by atoms with Crippen LogP contribution in [0.4, 0.5) is 0 Å². The van der Waals surface area contributed by atoms with Crippen LogP contribution in [0.3, 0.4) is 0 Å². The van der Waals surface area contributed by atoms with Gasteiger partial charge >= 0.3 is 0 Å². The lowest BCUT2D eigenvalue weighted by molar-refractivity contribution is 0.179. The predicted octanol–water partition coefficient (Wildman–Crippen LogP) is 8.09. The molecule has 4 heteroatoms. The summed E-state index contributed by atoms with van der Waals surface area (Å²) >= 11 is 0. The van der Waals surface area contributed by atoms with Gasteiger partial charge in [0.2, 0.25) is 0 Å². The molecule has 0 spiro atoms. The van der Waals surface area contributed by atoms with Crippen molar-refractivity contribution >= 4 is 25.4 Å². The molecule has 152 valence electrons. The molecule has 1 aliphatic rings. The second-order valence-electron chi connectivity index (χ2n) is 8.46. The monoisotopic (exact) mass is 424 g/mol. The molecule has 1 aromatic carbocycles. The zero-order chi connectivity index (χ0) is 19.8. The summed E-state index contributed by atoms with van der Waals surface area (Å²) in [4.78, 5) is 0. The molecule has 1 aromatic rings. The predicted molar refractivity (Wildman–Crippen MR) is 129 cm³/mol. The summed E-state index contributed by atoms with van der Waals surface area (Å²) in [6.45, 7) is 11.3. The van der Waals surface area contributed by atoms with Crippen LogP contribution in [0.25, 0.3) is 0 Å². The average Bonchev–Trinajstić information content (AvgIpc) is 2.85. The van der Waals surface area contributed by atoms with Crippen LogP contribution in [0.5, 0.6) is 0 Å². The number of unbranched alkanes of at least 4 members (excludes halogenated alkanes) is 2. The highest BCUT2D eigenvalue weighted by Gasteiger charge is 2.36. The molecule has 1 nitrogen and oxygen atoms in total. The van der Waals surface area contributed by atoms with Gasteiger partial charge < -0.3 is 4.52 Å². The van der Waals surface area contributed by atoms with Crippen molar-refractivity contribution < 1.29 is 4.52 Å². The minimum atomic E-state index is -0.443. The SMILES string of the molecule is C=C1C[C@@H](C)[C@H](CC[C@H](CCCCC)OP(P)P)[C@H]1Cc1cccc(C)c1. The quantitative estimate of drug-likeness (QED) is 0.198. The highest BCUT2D eigenvalue weighted by Crippen LogP contribution is 2.55. The molecule has 27 heavy (non-hydrogen) atoms. The molecule has 2 unspecified atom stereocenters. The average molecular weight is 424 g/mol. The lowest BCUT2D eigenvalue weighted by Gasteiger charge is -2.27. The van der Waals surface area contributed by atoms with E-state index < -0.39 is 7.53 Å². The number of rotatable bonds is 11. The van der Waals surface area contributed by atoms with E-state index in [1.54, 1.807) is 0 Å². The summed E-state index contributed by atoms with van der Waals surface area (Å²) in [6.07, 6.45) is 10.3. The Morgan fingerprint density at radius 1 is 1.26 bits per heavy atom. The van der Waals surface area contributed by atoms with Crippen LogP contribution in [0.2, 0.25) is 0 Å². The Kier molecular flexibility index (Phi) is 10.5. The molecule has 0 N–H and O–H groups in total. The van der Waals surface area contributed by atoms with Gasteiger partial charge in [-0.05, 0) is 62.3 Å². The van der Waals surface area contributed by atoms with Crippen molar-refractivity contribution in [3.05, 3.63) is 47.5 Å². The standard InChI is InChI=1S/C23H39OP3/c1-5-6-7-11-21(24-27(25)26)12-13-22-18(3)15-19(4)23(22)16-20-10-8-9-17(2)14-20/h8-10,14,18,21-23H,4-7,11-13,15-16,25-26H2,1-3H3/t18-,21+,22+,23+/m1/s1. The van der Waals surface area contributed by atoms with Gasteiger partial charge in [0.05, 0.1) is 13.6 Å². The largest absolute Gasteiger partial charge is 0.348 e. The molecule has 0 saturated heterocycles. The summed E-state index contributed by atoms with van der Waals surface area (Å²) in [5.74, 6) is 2.12. The minimum Gasteiger partial charge on any atom is -0.348 e. The lowest BCUT2D eigenvalue weighted by atomic mass is 9.81. The van der Waals surface area contributed by atoms with Gasteiger partial charge in [-0.3, -0.25) is 0 Å². The van der Waals surface area contributed by atoms with Gasteiger partial charge in [0, 0.05) is 0 Å². The summed E-state index contributed by atoms with van der Waals surface area (Å²) in [5, 5.41) is 0. The molecule has 6 atom stereocenters. The third kappa shape index (κ3) is 7.86. The zero-order valence-corrected chi connectivity index (χ0v) is 20.7. The number of benzene rings is 1. The Labute approximate surface area is 173 Å². The maximum atomic E-state index is 6.26. The molecule has 0 radical (unpaired) electrons. The maximum absolute atomic E-state index is 6.26. The Bertz CT molecular complexity index is 587. The second kappa shape index (κ2) is 12.0. The van der Waals surface area contributed by atoms with Crippen molar-refractivity contribution in [1.29, 1.82) is 0 Å². The van der Waals surface area contributed by atoms with Crippen LogP contribution in [-0.2, 0) is 10.9 Å². The van der Waals surface area contributed by atoms with Crippen LogP contribution in [0.15, 0.2) is 36.4 Å². The third-order valence-electron chi connectivity index (χ3n) is 6.12. The first-order chi connectivity index (χ1) is 12.9. The van der Waals surface area contributed by atoms with Crippen molar-refractivity contribution in [3.63, 3.8) is 0 Å². The lowest BCUT2D eigenvalue weighted by Crippen LogP contribution is -2.19. The van der Waals surface area contributed by atoms with Crippen molar-refractivity contribution in [3.8, 4) is 0 Å². The summed E-state index contributed by atoms with van der Waals surface area (Å²) in [6, 6.07) is 9.01.